The highest BCUT2D eigenvalue weighted by molar-refractivity contribution is 7.98. The van der Waals surface area contributed by atoms with Gasteiger partial charge in [0.05, 0.1) is 18.4 Å². The van der Waals surface area contributed by atoms with E-state index in [1.165, 1.54) is 18.9 Å². The Morgan fingerprint density at radius 2 is 1.66 bits per heavy atom. The number of carbonyl (C=O) groups is 1. The summed E-state index contributed by atoms with van der Waals surface area (Å²) in [5, 5.41) is 9.96. The third-order valence-corrected chi connectivity index (χ3v) is 6.16. The smallest absolute Gasteiger partial charge is 0.337 e. The number of aromatic amines is 1. The fraction of sp³-hybridized carbons (Fsp3) is 0.0714. The first kappa shape index (κ1) is 23.7. The van der Waals surface area contributed by atoms with Crippen LogP contribution in [0.25, 0.3) is 23.4 Å². The van der Waals surface area contributed by atoms with Crippen LogP contribution in [-0.4, -0.2) is 23.0 Å². The van der Waals surface area contributed by atoms with E-state index in [0.717, 1.165) is 16.7 Å². The molecular weight excluding hydrogens is 458 g/mol. The van der Waals surface area contributed by atoms with Crippen molar-refractivity contribution >= 4 is 29.9 Å². The van der Waals surface area contributed by atoms with E-state index in [0.29, 0.717) is 27.7 Å². The normalized spacial score (nSPS) is 10.7. The molecule has 0 aliphatic rings. The molecule has 4 aromatic rings. The highest BCUT2D eigenvalue weighted by Crippen LogP contribution is 2.25. The monoisotopic (exact) mass is 479 g/mol. The molecule has 7 heteroatoms. The first-order chi connectivity index (χ1) is 17.1. The Morgan fingerprint density at radius 1 is 1.00 bits per heavy atom. The van der Waals surface area contributed by atoms with Gasteiger partial charge in [-0.25, -0.2) is 9.78 Å². The molecule has 4 rings (SSSR count). The Balaban J connectivity index is 1.53. The number of ether oxygens (including phenoxy) is 1. The summed E-state index contributed by atoms with van der Waals surface area (Å²) in [7, 11) is 1.34. The molecule has 172 valence electrons. The molecule has 0 atom stereocenters. The zero-order valence-electron chi connectivity index (χ0n) is 18.9. The third-order valence-electron chi connectivity index (χ3n) is 5.21. The zero-order valence-corrected chi connectivity index (χ0v) is 19.7. The van der Waals surface area contributed by atoms with Crippen LogP contribution in [-0.2, 0) is 10.5 Å². The van der Waals surface area contributed by atoms with Crippen LogP contribution in [0.1, 0.15) is 32.6 Å². The van der Waals surface area contributed by atoms with Gasteiger partial charge in [-0.3, -0.25) is 4.79 Å². The topological polar surface area (TPSA) is 95.8 Å². The quantitative estimate of drug-likeness (QED) is 0.161. The molecule has 0 amide bonds. The lowest BCUT2D eigenvalue weighted by Crippen LogP contribution is -2.14. The summed E-state index contributed by atoms with van der Waals surface area (Å²) in [4.78, 5) is 31.4. The van der Waals surface area contributed by atoms with Crippen molar-refractivity contribution < 1.29 is 9.53 Å². The van der Waals surface area contributed by atoms with Crippen molar-refractivity contribution in [2.75, 3.05) is 7.11 Å². The Labute approximate surface area is 206 Å². The van der Waals surface area contributed by atoms with Crippen LogP contribution >= 0.6 is 11.8 Å². The van der Waals surface area contributed by atoms with E-state index in [4.69, 9.17) is 4.74 Å². The number of benzene rings is 3. The minimum atomic E-state index is -0.478. The van der Waals surface area contributed by atoms with E-state index >= 15 is 0 Å². The maximum Gasteiger partial charge on any atom is 0.337 e. The maximum atomic E-state index is 12.6. The van der Waals surface area contributed by atoms with Gasteiger partial charge in [0.15, 0.2) is 5.16 Å². The van der Waals surface area contributed by atoms with Gasteiger partial charge in [-0.15, -0.1) is 0 Å². The molecule has 0 aliphatic carbocycles. The summed E-state index contributed by atoms with van der Waals surface area (Å²) < 4.78 is 4.71. The van der Waals surface area contributed by atoms with Crippen LogP contribution in [0.3, 0.4) is 0 Å². The van der Waals surface area contributed by atoms with Crippen LogP contribution in [0, 0.1) is 11.3 Å². The number of H-pyrrole nitrogens is 1. The van der Waals surface area contributed by atoms with Gasteiger partial charge in [0, 0.05) is 11.3 Å². The molecule has 0 aliphatic heterocycles. The number of nitrogens with zero attached hydrogens (tertiary/aromatic N) is 2. The molecule has 0 fully saturated rings. The summed E-state index contributed by atoms with van der Waals surface area (Å²) in [6.45, 7) is 0. The van der Waals surface area contributed by atoms with Crippen LogP contribution in [0.4, 0.5) is 0 Å². The Kier molecular flexibility index (Phi) is 7.56. The molecule has 0 unspecified atom stereocenters. The van der Waals surface area contributed by atoms with E-state index in [2.05, 4.69) is 9.97 Å². The van der Waals surface area contributed by atoms with Crippen LogP contribution in [0.5, 0.6) is 0 Å². The number of rotatable bonds is 7. The molecule has 1 heterocycles. The minimum absolute atomic E-state index is 0.0237. The SMILES string of the molecule is COC(=O)c1ccc(CSc2nc(-c3ccc(C=Cc4ccccc4)cc3)c(C#N)c(=O)[nH]2)cc1. The average molecular weight is 480 g/mol. The van der Waals surface area contributed by atoms with Gasteiger partial charge in [-0.2, -0.15) is 5.26 Å². The number of hydrogen-bond acceptors (Lipinski definition) is 6. The van der Waals surface area contributed by atoms with Crippen molar-refractivity contribution in [2.24, 2.45) is 0 Å². The van der Waals surface area contributed by atoms with Gasteiger partial charge in [-0.1, -0.05) is 90.6 Å². The van der Waals surface area contributed by atoms with Crippen LogP contribution < -0.4 is 5.56 Å². The summed E-state index contributed by atoms with van der Waals surface area (Å²) in [5.41, 5.74) is 4.04. The molecule has 3 aromatic carbocycles. The number of nitriles is 1. The summed E-state index contributed by atoms with van der Waals surface area (Å²) >= 11 is 1.34. The predicted octanol–water partition coefficient (Wildman–Crippen LogP) is 5.56. The lowest BCUT2D eigenvalue weighted by Gasteiger charge is -2.07. The van der Waals surface area contributed by atoms with Crippen molar-refractivity contribution in [3.8, 4) is 17.3 Å². The largest absolute Gasteiger partial charge is 0.465 e. The molecular formula is C28H21N3O3S. The first-order valence-corrected chi connectivity index (χ1v) is 11.7. The van der Waals surface area contributed by atoms with E-state index in [1.54, 1.807) is 12.1 Å². The highest BCUT2D eigenvalue weighted by Gasteiger charge is 2.14. The van der Waals surface area contributed by atoms with Crippen molar-refractivity contribution in [3.05, 3.63) is 117 Å². The highest BCUT2D eigenvalue weighted by atomic mass is 32.2. The molecule has 0 spiro atoms. The Morgan fingerprint density at radius 3 is 2.29 bits per heavy atom. The van der Waals surface area contributed by atoms with Crippen LogP contribution in [0.2, 0.25) is 0 Å². The molecule has 0 saturated carbocycles. The van der Waals surface area contributed by atoms with Crippen molar-refractivity contribution in [1.82, 2.24) is 9.97 Å². The van der Waals surface area contributed by atoms with Gasteiger partial charge in [-0.05, 0) is 28.8 Å². The van der Waals surface area contributed by atoms with Crippen molar-refractivity contribution in [3.63, 3.8) is 0 Å². The number of hydrogen-bond donors (Lipinski definition) is 1. The number of carbonyl (C=O) groups excluding carboxylic acids is 1. The maximum absolute atomic E-state index is 12.6. The second-order valence-corrected chi connectivity index (χ2v) is 8.51. The fourth-order valence-electron chi connectivity index (χ4n) is 3.35. The van der Waals surface area contributed by atoms with E-state index in [1.807, 2.05) is 85.0 Å². The number of esters is 1. The Hall–Kier alpha value is -4.41. The minimum Gasteiger partial charge on any atom is -0.465 e. The first-order valence-electron chi connectivity index (χ1n) is 10.8. The van der Waals surface area contributed by atoms with Crippen LogP contribution in [0.15, 0.2) is 88.8 Å². The second kappa shape index (κ2) is 11.1. The third kappa shape index (κ3) is 5.94. The fourth-order valence-corrected chi connectivity index (χ4v) is 4.17. The second-order valence-electron chi connectivity index (χ2n) is 7.55. The van der Waals surface area contributed by atoms with E-state index in [9.17, 15) is 14.9 Å². The molecule has 0 bridgehead atoms. The average Bonchev–Trinajstić information content (AvgIpc) is 2.91. The van der Waals surface area contributed by atoms with Gasteiger partial charge in [0.1, 0.15) is 11.6 Å². The Bertz CT molecular complexity index is 1450. The molecule has 1 aromatic heterocycles. The van der Waals surface area contributed by atoms with E-state index < -0.39 is 11.5 Å². The number of thioether (sulfide) groups is 1. The number of aromatic nitrogens is 2. The summed E-state index contributed by atoms with van der Waals surface area (Å²) in [5.74, 6) is 0.132. The summed E-state index contributed by atoms with van der Waals surface area (Å²) in [6, 6.07) is 26.5. The molecule has 1 N–H and O–H groups in total. The molecule has 0 saturated heterocycles. The standard InChI is InChI=1S/C28H21N3O3S/c1-34-27(33)23-15-11-21(12-16-23)18-35-28-30-25(24(17-29)26(32)31-28)22-13-9-20(10-14-22)8-7-19-5-3-2-4-6-19/h2-16H,18H2,1H3,(H,30,31,32). The van der Waals surface area contributed by atoms with Crippen molar-refractivity contribution in [2.45, 2.75) is 10.9 Å². The lowest BCUT2D eigenvalue weighted by molar-refractivity contribution is 0.0600. The van der Waals surface area contributed by atoms with E-state index in [-0.39, 0.29) is 5.56 Å². The van der Waals surface area contributed by atoms with Gasteiger partial charge in [0.2, 0.25) is 0 Å². The van der Waals surface area contributed by atoms with Gasteiger partial charge >= 0.3 is 5.97 Å². The zero-order chi connectivity index (χ0) is 24.6. The van der Waals surface area contributed by atoms with Gasteiger partial charge < -0.3 is 9.72 Å². The molecule has 35 heavy (non-hydrogen) atoms. The van der Waals surface area contributed by atoms with Crippen molar-refractivity contribution in [1.29, 1.82) is 5.26 Å². The summed E-state index contributed by atoms with van der Waals surface area (Å²) in [6.07, 6.45) is 4.02. The van der Waals surface area contributed by atoms with Gasteiger partial charge in [0.25, 0.3) is 5.56 Å². The molecule has 0 radical (unpaired) electrons. The number of methoxy groups -OCH3 is 1. The number of nitrogens with one attached hydrogen (secondary N) is 1. The molecule has 6 nitrogen and oxygen atoms in total. The predicted molar refractivity (Wildman–Crippen MR) is 138 cm³/mol. The lowest BCUT2D eigenvalue weighted by atomic mass is 10.0.